The molecule has 1 N–H and O–H groups in total. The molecule has 0 saturated heterocycles. The quantitative estimate of drug-likeness (QED) is 0.864. The fraction of sp³-hybridized carbons (Fsp3) is 0.471. The third kappa shape index (κ3) is 4.23. The number of hydrogen-bond donors (Lipinski definition) is 1. The first-order chi connectivity index (χ1) is 11.8. The second-order valence-electron chi connectivity index (χ2n) is 5.77. The van der Waals surface area contributed by atoms with Crippen LogP contribution in [0.1, 0.15) is 43.0 Å². The lowest BCUT2D eigenvalue weighted by atomic mass is 9.90. The van der Waals surface area contributed by atoms with Crippen LogP contribution in [-0.4, -0.2) is 29.8 Å². The summed E-state index contributed by atoms with van der Waals surface area (Å²) in [5, 5.41) is 12.6. The van der Waals surface area contributed by atoms with Gasteiger partial charge in [0.05, 0.1) is 7.11 Å². The standard InChI is InChI=1S/C17H21N3O3S/c1-22-13-9-5-6-10-14(13)23-11-15(21)18-17-20-19-16(24-17)12-7-3-2-4-8-12/h5-6,9-10,12H,2-4,7-8,11H2,1H3,(H,18,20,21). The number of rotatable bonds is 6. The number of benzene rings is 1. The van der Waals surface area contributed by atoms with Gasteiger partial charge in [-0.05, 0) is 25.0 Å². The third-order valence-corrected chi connectivity index (χ3v) is 5.07. The SMILES string of the molecule is COc1ccccc1OCC(=O)Nc1nnc(C2CCCCC2)s1. The summed E-state index contributed by atoms with van der Waals surface area (Å²) in [6, 6.07) is 7.23. The highest BCUT2D eigenvalue weighted by molar-refractivity contribution is 7.15. The Morgan fingerprint density at radius 2 is 1.96 bits per heavy atom. The van der Waals surface area contributed by atoms with Gasteiger partial charge in [0.1, 0.15) is 5.01 Å². The van der Waals surface area contributed by atoms with E-state index in [9.17, 15) is 4.79 Å². The first kappa shape index (κ1) is 16.7. The van der Waals surface area contributed by atoms with E-state index in [-0.39, 0.29) is 12.5 Å². The fourth-order valence-corrected chi connectivity index (χ4v) is 3.76. The number of hydrogen-bond acceptors (Lipinski definition) is 6. The van der Waals surface area contributed by atoms with Crippen LogP contribution in [0.4, 0.5) is 5.13 Å². The van der Waals surface area contributed by atoms with Gasteiger partial charge in [0.25, 0.3) is 5.91 Å². The first-order valence-corrected chi connectivity index (χ1v) is 8.97. The lowest BCUT2D eigenvalue weighted by molar-refractivity contribution is -0.118. The van der Waals surface area contributed by atoms with Gasteiger partial charge < -0.3 is 9.47 Å². The molecule has 0 atom stereocenters. The second-order valence-corrected chi connectivity index (χ2v) is 6.78. The second kappa shape index (κ2) is 8.10. The normalized spacial score (nSPS) is 15.0. The van der Waals surface area contributed by atoms with Crippen molar-refractivity contribution in [3.63, 3.8) is 0 Å². The van der Waals surface area contributed by atoms with Crippen molar-refractivity contribution in [1.82, 2.24) is 10.2 Å². The van der Waals surface area contributed by atoms with Gasteiger partial charge in [-0.15, -0.1) is 10.2 Å². The van der Waals surface area contributed by atoms with Crippen molar-refractivity contribution in [1.29, 1.82) is 0 Å². The zero-order chi connectivity index (χ0) is 16.8. The monoisotopic (exact) mass is 347 g/mol. The molecule has 3 rings (SSSR count). The number of carbonyl (C=O) groups is 1. The van der Waals surface area contributed by atoms with E-state index in [2.05, 4.69) is 15.5 Å². The van der Waals surface area contributed by atoms with Crippen molar-refractivity contribution in [2.45, 2.75) is 38.0 Å². The summed E-state index contributed by atoms with van der Waals surface area (Å²) in [6.07, 6.45) is 6.13. The highest BCUT2D eigenvalue weighted by atomic mass is 32.1. The van der Waals surface area contributed by atoms with E-state index in [1.807, 2.05) is 12.1 Å². The van der Waals surface area contributed by atoms with Crippen molar-refractivity contribution in [2.75, 3.05) is 19.0 Å². The molecule has 2 aromatic rings. The maximum Gasteiger partial charge on any atom is 0.264 e. The summed E-state index contributed by atoms with van der Waals surface area (Å²) < 4.78 is 10.7. The van der Waals surface area contributed by atoms with Crippen LogP contribution in [0.15, 0.2) is 24.3 Å². The highest BCUT2D eigenvalue weighted by Crippen LogP contribution is 2.35. The summed E-state index contributed by atoms with van der Waals surface area (Å²) in [5.74, 6) is 1.37. The Balaban J connectivity index is 1.52. The van der Waals surface area contributed by atoms with E-state index in [1.54, 1.807) is 19.2 Å². The first-order valence-electron chi connectivity index (χ1n) is 8.15. The molecular formula is C17H21N3O3S. The van der Waals surface area contributed by atoms with Crippen LogP contribution in [-0.2, 0) is 4.79 Å². The Kier molecular flexibility index (Phi) is 5.63. The van der Waals surface area contributed by atoms with Crippen molar-refractivity contribution >= 4 is 22.4 Å². The number of anilines is 1. The maximum absolute atomic E-state index is 12.0. The van der Waals surface area contributed by atoms with Crippen LogP contribution in [0, 0.1) is 0 Å². The molecule has 1 amide bonds. The minimum atomic E-state index is -0.257. The topological polar surface area (TPSA) is 73.3 Å². The summed E-state index contributed by atoms with van der Waals surface area (Å²) in [4.78, 5) is 12.0. The summed E-state index contributed by atoms with van der Waals surface area (Å²) in [7, 11) is 1.57. The van der Waals surface area contributed by atoms with Crippen LogP contribution in [0.5, 0.6) is 11.5 Å². The molecule has 7 heteroatoms. The molecule has 1 aromatic heterocycles. The van der Waals surface area contributed by atoms with Crippen molar-refractivity contribution in [3.05, 3.63) is 29.3 Å². The molecule has 0 radical (unpaired) electrons. The lowest BCUT2D eigenvalue weighted by Gasteiger charge is -2.18. The number of methoxy groups -OCH3 is 1. The highest BCUT2D eigenvalue weighted by Gasteiger charge is 2.20. The molecule has 128 valence electrons. The fourth-order valence-electron chi connectivity index (χ4n) is 2.84. The number of amides is 1. The van der Waals surface area contributed by atoms with Crippen LogP contribution in [0.25, 0.3) is 0 Å². The molecule has 1 aliphatic rings. The van der Waals surface area contributed by atoms with Gasteiger partial charge in [-0.2, -0.15) is 0 Å². The predicted molar refractivity (Wildman–Crippen MR) is 92.9 cm³/mol. The number of carbonyl (C=O) groups excluding carboxylic acids is 1. The van der Waals surface area contributed by atoms with Gasteiger partial charge >= 0.3 is 0 Å². The lowest BCUT2D eigenvalue weighted by Crippen LogP contribution is -2.20. The third-order valence-electron chi connectivity index (χ3n) is 4.07. The Morgan fingerprint density at radius 3 is 2.71 bits per heavy atom. The predicted octanol–water partition coefficient (Wildman–Crippen LogP) is 3.61. The number of ether oxygens (including phenoxy) is 2. The molecule has 1 aromatic carbocycles. The zero-order valence-corrected chi connectivity index (χ0v) is 14.5. The van der Waals surface area contributed by atoms with E-state index in [0.29, 0.717) is 22.5 Å². The van der Waals surface area contributed by atoms with E-state index < -0.39 is 0 Å². The zero-order valence-electron chi connectivity index (χ0n) is 13.7. The van der Waals surface area contributed by atoms with Gasteiger partial charge in [0.2, 0.25) is 5.13 Å². The van der Waals surface area contributed by atoms with E-state index in [0.717, 1.165) is 5.01 Å². The average Bonchev–Trinajstić information content (AvgIpc) is 3.09. The molecule has 1 saturated carbocycles. The molecule has 6 nitrogen and oxygen atoms in total. The van der Waals surface area contributed by atoms with Gasteiger partial charge in [0.15, 0.2) is 18.1 Å². The Labute approximate surface area is 145 Å². The van der Waals surface area contributed by atoms with E-state index in [4.69, 9.17) is 9.47 Å². The van der Waals surface area contributed by atoms with Gasteiger partial charge in [0, 0.05) is 5.92 Å². The summed E-state index contributed by atoms with van der Waals surface area (Å²) >= 11 is 1.46. The van der Waals surface area contributed by atoms with E-state index in [1.165, 1.54) is 43.4 Å². The molecule has 24 heavy (non-hydrogen) atoms. The molecule has 0 spiro atoms. The Bertz CT molecular complexity index is 683. The smallest absolute Gasteiger partial charge is 0.264 e. The molecule has 0 bridgehead atoms. The maximum atomic E-state index is 12.0. The molecular weight excluding hydrogens is 326 g/mol. The Morgan fingerprint density at radius 1 is 1.21 bits per heavy atom. The minimum Gasteiger partial charge on any atom is -0.493 e. The molecule has 1 aliphatic carbocycles. The van der Waals surface area contributed by atoms with Crippen molar-refractivity contribution in [3.8, 4) is 11.5 Å². The number of nitrogens with zero attached hydrogens (tertiary/aromatic N) is 2. The minimum absolute atomic E-state index is 0.0985. The van der Waals surface area contributed by atoms with Gasteiger partial charge in [-0.1, -0.05) is 42.7 Å². The molecule has 0 aliphatic heterocycles. The molecule has 0 unspecified atom stereocenters. The summed E-state index contributed by atoms with van der Waals surface area (Å²) in [5.41, 5.74) is 0. The summed E-state index contributed by atoms with van der Waals surface area (Å²) in [6.45, 7) is -0.0985. The number of aromatic nitrogens is 2. The van der Waals surface area contributed by atoms with Gasteiger partial charge in [-0.25, -0.2) is 0 Å². The van der Waals surface area contributed by atoms with Crippen molar-refractivity contribution in [2.24, 2.45) is 0 Å². The van der Waals surface area contributed by atoms with Crippen LogP contribution < -0.4 is 14.8 Å². The van der Waals surface area contributed by atoms with Gasteiger partial charge in [-0.3, -0.25) is 10.1 Å². The average molecular weight is 347 g/mol. The van der Waals surface area contributed by atoms with Crippen LogP contribution in [0.3, 0.4) is 0 Å². The number of para-hydroxylation sites is 2. The van der Waals surface area contributed by atoms with Crippen LogP contribution in [0.2, 0.25) is 0 Å². The number of nitrogens with one attached hydrogen (secondary N) is 1. The van der Waals surface area contributed by atoms with E-state index >= 15 is 0 Å². The Hall–Kier alpha value is -2.15. The molecule has 1 fully saturated rings. The largest absolute Gasteiger partial charge is 0.493 e. The van der Waals surface area contributed by atoms with Crippen molar-refractivity contribution < 1.29 is 14.3 Å². The van der Waals surface area contributed by atoms with Crippen LogP contribution >= 0.6 is 11.3 Å². The molecule has 1 heterocycles.